The van der Waals surface area contributed by atoms with Gasteiger partial charge >= 0.3 is 0 Å². The monoisotopic (exact) mass is 465 g/mol. The van der Waals surface area contributed by atoms with E-state index in [0.717, 1.165) is 5.56 Å². The van der Waals surface area contributed by atoms with Crippen molar-refractivity contribution in [2.75, 3.05) is 18.1 Å². The molecular formula is C22H22Cl3N3O2. The summed E-state index contributed by atoms with van der Waals surface area (Å²) in [5, 5.41) is 8.20. The number of ether oxygens (including phenoxy) is 1. The molecule has 1 amide bonds. The molecule has 2 aliphatic heterocycles. The number of rotatable bonds is 3. The number of morpholine rings is 1. The normalized spacial score (nSPS) is 24.2. The lowest BCUT2D eigenvalue weighted by Gasteiger charge is -2.35. The van der Waals surface area contributed by atoms with Gasteiger partial charge in [-0.3, -0.25) is 9.80 Å². The smallest absolute Gasteiger partial charge is 0.270 e. The molecule has 30 heavy (non-hydrogen) atoms. The zero-order chi connectivity index (χ0) is 21.4. The van der Waals surface area contributed by atoms with Crippen LogP contribution in [0.3, 0.4) is 0 Å². The van der Waals surface area contributed by atoms with Crippen molar-refractivity contribution in [3.05, 3.63) is 63.1 Å². The van der Waals surface area contributed by atoms with Crippen molar-refractivity contribution in [1.29, 1.82) is 0 Å². The van der Waals surface area contributed by atoms with E-state index in [9.17, 15) is 4.79 Å². The summed E-state index contributed by atoms with van der Waals surface area (Å²) in [5.41, 5.74) is 2.20. The summed E-state index contributed by atoms with van der Waals surface area (Å²) in [5.74, 6) is -0.0662. The number of halogens is 3. The van der Waals surface area contributed by atoms with Gasteiger partial charge in [0.2, 0.25) is 0 Å². The number of hydrogen-bond donors (Lipinski definition) is 0. The van der Waals surface area contributed by atoms with E-state index in [2.05, 4.69) is 0 Å². The van der Waals surface area contributed by atoms with Crippen molar-refractivity contribution in [3.63, 3.8) is 0 Å². The van der Waals surface area contributed by atoms with Crippen molar-refractivity contribution in [2.24, 2.45) is 5.10 Å². The number of anilines is 1. The quantitative estimate of drug-likeness (QED) is 0.592. The fourth-order valence-corrected chi connectivity index (χ4v) is 4.62. The molecule has 2 aromatic carbocycles. The Morgan fingerprint density at radius 1 is 1.00 bits per heavy atom. The maximum Gasteiger partial charge on any atom is 0.270 e. The van der Waals surface area contributed by atoms with Gasteiger partial charge in [0.05, 0.1) is 29.0 Å². The molecule has 2 aromatic rings. The van der Waals surface area contributed by atoms with Gasteiger partial charge in [-0.1, -0.05) is 46.9 Å². The Kier molecular flexibility index (Phi) is 6.26. The van der Waals surface area contributed by atoms with Crippen molar-refractivity contribution >= 4 is 52.1 Å². The maximum atomic E-state index is 13.3. The van der Waals surface area contributed by atoms with Gasteiger partial charge in [0.25, 0.3) is 5.91 Å². The number of nitrogens with zero attached hydrogens (tertiary/aromatic N) is 3. The third kappa shape index (κ3) is 4.45. The highest BCUT2D eigenvalue weighted by atomic mass is 35.5. The molecule has 0 radical (unpaired) electrons. The number of carbonyl (C=O) groups is 1. The Morgan fingerprint density at radius 3 is 2.27 bits per heavy atom. The number of carbonyl (C=O) groups excluding carboxylic acids is 1. The van der Waals surface area contributed by atoms with Gasteiger partial charge in [-0.05, 0) is 49.7 Å². The van der Waals surface area contributed by atoms with E-state index < -0.39 is 0 Å². The van der Waals surface area contributed by atoms with Crippen molar-refractivity contribution in [3.8, 4) is 0 Å². The van der Waals surface area contributed by atoms with Crippen molar-refractivity contribution in [2.45, 2.75) is 38.5 Å². The molecule has 4 rings (SSSR count). The Morgan fingerprint density at radius 2 is 1.63 bits per heavy atom. The number of hydrazone groups is 1. The molecule has 1 saturated heterocycles. The summed E-state index contributed by atoms with van der Waals surface area (Å²) < 4.78 is 5.76. The van der Waals surface area contributed by atoms with Gasteiger partial charge < -0.3 is 9.64 Å². The third-order valence-electron chi connectivity index (χ3n) is 5.28. The van der Waals surface area contributed by atoms with E-state index in [1.54, 1.807) is 12.1 Å². The van der Waals surface area contributed by atoms with Crippen LogP contribution in [-0.4, -0.2) is 41.8 Å². The van der Waals surface area contributed by atoms with E-state index in [0.29, 0.717) is 46.0 Å². The van der Waals surface area contributed by atoms with Crippen LogP contribution in [0.1, 0.15) is 31.9 Å². The molecule has 2 heterocycles. The molecule has 0 aliphatic carbocycles. The molecule has 3 unspecified atom stereocenters. The van der Waals surface area contributed by atoms with E-state index in [1.165, 1.54) is 0 Å². The molecule has 0 saturated carbocycles. The van der Waals surface area contributed by atoms with Crippen LogP contribution in [-0.2, 0) is 9.53 Å². The molecule has 1 fully saturated rings. The average Bonchev–Trinajstić information content (AvgIpc) is 3.12. The third-order valence-corrected chi connectivity index (χ3v) is 6.07. The molecule has 0 bridgehead atoms. The van der Waals surface area contributed by atoms with Crippen molar-refractivity contribution in [1.82, 2.24) is 4.90 Å². The molecule has 5 nitrogen and oxygen atoms in total. The van der Waals surface area contributed by atoms with Crippen LogP contribution in [0.15, 0.2) is 47.6 Å². The van der Waals surface area contributed by atoms with Crippen molar-refractivity contribution < 1.29 is 9.53 Å². The molecule has 0 N–H and O–H groups in total. The first-order valence-corrected chi connectivity index (χ1v) is 11.0. The second-order valence-electron chi connectivity index (χ2n) is 7.73. The predicted octanol–water partition coefficient (Wildman–Crippen LogP) is 5.59. The summed E-state index contributed by atoms with van der Waals surface area (Å²) >= 11 is 18.6. The molecule has 2 aliphatic rings. The SMILES string of the molecule is CC1CN(C(=O)C2=NN(c3ccc(Cl)cc3Cl)C(c3ccc(Cl)cc3)C2)CC(C)O1. The van der Waals surface area contributed by atoms with Gasteiger partial charge in [-0.25, -0.2) is 0 Å². The summed E-state index contributed by atoms with van der Waals surface area (Å²) in [6.45, 7) is 5.05. The molecule has 0 aromatic heterocycles. The first kappa shape index (κ1) is 21.4. The van der Waals surface area contributed by atoms with E-state index in [-0.39, 0.29) is 24.2 Å². The molecule has 8 heteroatoms. The summed E-state index contributed by atoms with van der Waals surface area (Å²) in [7, 11) is 0. The topological polar surface area (TPSA) is 45.1 Å². The Hall–Kier alpha value is -1.79. The second-order valence-corrected chi connectivity index (χ2v) is 9.01. The minimum atomic E-state index is -0.171. The minimum Gasteiger partial charge on any atom is -0.372 e. The van der Waals surface area contributed by atoms with E-state index in [4.69, 9.17) is 44.6 Å². The second kappa shape index (κ2) is 8.75. The summed E-state index contributed by atoms with van der Waals surface area (Å²) in [4.78, 5) is 15.1. The zero-order valence-electron chi connectivity index (χ0n) is 16.7. The van der Waals surface area contributed by atoms with Gasteiger partial charge in [0, 0.05) is 29.6 Å². The number of hydrogen-bond acceptors (Lipinski definition) is 4. The maximum absolute atomic E-state index is 13.3. The Labute approximate surface area is 191 Å². The number of benzene rings is 2. The van der Waals surface area contributed by atoms with Crippen LogP contribution in [0, 0.1) is 0 Å². The lowest BCUT2D eigenvalue weighted by molar-refractivity contribution is -0.136. The Balaban J connectivity index is 1.68. The predicted molar refractivity (Wildman–Crippen MR) is 122 cm³/mol. The van der Waals surface area contributed by atoms with Crippen LogP contribution in [0.2, 0.25) is 15.1 Å². The first-order chi connectivity index (χ1) is 14.3. The average molecular weight is 467 g/mol. The van der Waals surface area contributed by atoms with Crippen LogP contribution < -0.4 is 5.01 Å². The van der Waals surface area contributed by atoms with Crippen LogP contribution in [0.5, 0.6) is 0 Å². The van der Waals surface area contributed by atoms with E-state index in [1.807, 2.05) is 54.1 Å². The van der Waals surface area contributed by atoms with Gasteiger partial charge in [-0.2, -0.15) is 5.10 Å². The minimum absolute atomic E-state index is 0.00595. The Bertz CT molecular complexity index is 970. The van der Waals surface area contributed by atoms with Crippen LogP contribution in [0.25, 0.3) is 0 Å². The largest absolute Gasteiger partial charge is 0.372 e. The molecule has 0 spiro atoms. The fraction of sp³-hybridized carbons (Fsp3) is 0.364. The van der Waals surface area contributed by atoms with Crippen LogP contribution >= 0.6 is 34.8 Å². The van der Waals surface area contributed by atoms with Crippen LogP contribution in [0.4, 0.5) is 5.69 Å². The van der Waals surface area contributed by atoms with E-state index >= 15 is 0 Å². The summed E-state index contributed by atoms with van der Waals surface area (Å²) in [6.07, 6.45) is 0.460. The van der Waals surface area contributed by atoms with Gasteiger partial charge in [0.15, 0.2) is 0 Å². The lowest BCUT2D eigenvalue weighted by atomic mass is 10.0. The summed E-state index contributed by atoms with van der Waals surface area (Å²) in [6, 6.07) is 12.7. The highest BCUT2D eigenvalue weighted by Gasteiger charge is 2.37. The zero-order valence-corrected chi connectivity index (χ0v) is 19.0. The standard InChI is InChI=1S/C22H22Cl3N3O2/c1-13-11-27(12-14(2)30-13)22(29)19-10-21(15-3-5-16(23)6-4-15)28(26-19)20-8-7-17(24)9-18(20)25/h3-9,13-14,21H,10-12H2,1-2H3. The number of amides is 1. The first-order valence-electron chi connectivity index (χ1n) is 9.84. The van der Waals surface area contributed by atoms with Gasteiger partial charge in [0.1, 0.15) is 5.71 Å². The van der Waals surface area contributed by atoms with Gasteiger partial charge in [-0.15, -0.1) is 0 Å². The molecular weight excluding hydrogens is 445 g/mol. The molecule has 158 valence electrons. The fourth-order valence-electron chi connectivity index (χ4n) is 4.00. The highest BCUT2D eigenvalue weighted by molar-refractivity contribution is 6.40. The molecule has 3 atom stereocenters. The highest BCUT2D eigenvalue weighted by Crippen LogP contribution is 2.40. The lowest BCUT2D eigenvalue weighted by Crippen LogP contribution is -2.50.